The number of benzene rings is 2. The Bertz CT molecular complexity index is 1820. The van der Waals surface area contributed by atoms with Crippen molar-refractivity contribution in [3.05, 3.63) is 102 Å². The van der Waals surface area contributed by atoms with Crippen LogP contribution in [-0.4, -0.2) is 31.4 Å². The Morgan fingerprint density at radius 1 is 1.05 bits per heavy atom. The van der Waals surface area contributed by atoms with Crippen molar-refractivity contribution in [3.8, 4) is 34.1 Å². The molecule has 40 heavy (non-hydrogen) atoms. The molecule has 3 N–H and O–H groups in total. The fourth-order valence-electron chi connectivity index (χ4n) is 4.25. The molecule has 0 radical (unpaired) electrons. The number of ether oxygens (including phenoxy) is 1. The first kappa shape index (κ1) is 26.2. The summed E-state index contributed by atoms with van der Waals surface area (Å²) in [7, 11) is 0. The van der Waals surface area contributed by atoms with E-state index in [-0.39, 0.29) is 17.3 Å². The van der Waals surface area contributed by atoms with Crippen molar-refractivity contribution in [1.82, 2.24) is 19.6 Å². The van der Waals surface area contributed by atoms with Crippen LogP contribution in [0, 0.1) is 19.7 Å². The topological polar surface area (TPSA) is 124 Å². The monoisotopic (exact) mass is 540 g/mol. The Kier molecular flexibility index (Phi) is 6.78. The van der Waals surface area contributed by atoms with Gasteiger partial charge in [-0.1, -0.05) is 24.8 Å². The van der Waals surface area contributed by atoms with Crippen LogP contribution in [0.5, 0.6) is 11.8 Å². The van der Waals surface area contributed by atoms with Gasteiger partial charge in [-0.3, -0.25) is 9.59 Å². The number of carbonyl (C=O) groups excluding carboxylic acids is 2. The summed E-state index contributed by atoms with van der Waals surface area (Å²) in [5.74, 6) is -3.65. The number of aromatic nitrogens is 4. The summed E-state index contributed by atoms with van der Waals surface area (Å²) in [6.45, 7) is 6.56. The van der Waals surface area contributed by atoms with Gasteiger partial charge in [0.1, 0.15) is 0 Å². The van der Waals surface area contributed by atoms with Crippen LogP contribution in [0.3, 0.4) is 0 Å². The molecule has 0 bridgehead atoms. The lowest BCUT2D eigenvalue weighted by molar-refractivity contribution is -0.114. The van der Waals surface area contributed by atoms with E-state index in [2.05, 4.69) is 27.0 Å². The van der Waals surface area contributed by atoms with Gasteiger partial charge in [0.15, 0.2) is 17.4 Å². The number of halogens is 2. The fraction of sp³-hybridized carbons (Fsp3) is 0.0690. The second kappa shape index (κ2) is 10.4. The zero-order valence-corrected chi connectivity index (χ0v) is 21.4. The predicted molar refractivity (Wildman–Crippen MR) is 145 cm³/mol. The Morgan fingerprint density at radius 2 is 1.77 bits per heavy atom. The van der Waals surface area contributed by atoms with Crippen LogP contribution in [0.25, 0.3) is 27.9 Å². The predicted octanol–water partition coefficient (Wildman–Crippen LogP) is 5.53. The lowest BCUT2D eigenvalue weighted by Crippen LogP contribution is -2.12. The first-order valence-corrected chi connectivity index (χ1v) is 12.0. The van der Waals surface area contributed by atoms with Crippen LogP contribution in [0.4, 0.5) is 14.5 Å². The molecule has 200 valence electrons. The van der Waals surface area contributed by atoms with Gasteiger partial charge in [-0.2, -0.15) is 5.10 Å². The first-order chi connectivity index (χ1) is 19.1. The molecule has 9 nitrogen and oxygen atoms in total. The summed E-state index contributed by atoms with van der Waals surface area (Å²) in [5, 5.41) is 6.88. The van der Waals surface area contributed by atoms with E-state index in [1.54, 1.807) is 60.1 Å². The zero-order chi connectivity index (χ0) is 28.6. The highest BCUT2D eigenvalue weighted by Gasteiger charge is 2.26. The quantitative estimate of drug-likeness (QED) is 0.262. The number of aryl methyl sites for hydroxylation is 2. The summed E-state index contributed by atoms with van der Waals surface area (Å²) >= 11 is 0. The third-order valence-corrected chi connectivity index (χ3v) is 6.03. The molecule has 0 spiro atoms. The van der Waals surface area contributed by atoms with Gasteiger partial charge >= 0.3 is 6.01 Å². The van der Waals surface area contributed by atoms with Crippen molar-refractivity contribution < 1.29 is 23.1 Å². The summed E-state index contributed by atoms with van der Waals surface area (Å²) in [4.78, 5) is 32.6. The second-order valence-electron chi connectivity index (χ2n) is 8.96. The molecule has 11 heteroatoms. The number of primary amides is 1. The molecule has 0 aliphatic rings. The van der Waals surface area contributed by atoms with Crippen molar-refractivity contribution >= 4 is 23.0 Å². The van der Waals surface area contributed by atoms with E-state index in [0.29, 0.717) is 39.3 Å². The molecule has 0 aliphatic heterocycles. The molecular weight excluding hydrogens is 518 g/mol. The minimum Gasteiger partial charge on any atom is -0.421 e. The molecule has 5 aromatic rings. The Labute approximate surface area is 227 Å². The van der Waals surface area contributed by atoms with Crippen LogP contribution in [0.1, 0.15) is 21.6 Å². The fourth-order valence-corrected chi connectivity index (χ4v) is 4.25. The van der Waals surface area contributed by atoms with E-state index in [1.807, 2.05) is 6.92 Å². The molecule has 2 aromatic carbocycles. The number of hydrogen-bond acceptors (Lipinski definition) is 6. The summed E-state index contributed by atoms with van der Waals surface area (Å²) < 4.78 is 35.6. The molecule has 0 unspecified atom stereocenters. The number of hydrogen-bond donors (Lipinski definition) is 2. The molecule has 0 saturated carbocycles. The van der Waals surface area contributed by atoms with E-state index in [0.717, 1.165) is 5.56 Å². The Balaban J connectivity index is 1.66. The van der Waals surface area contributed by atoms with Crippen LogP contribution < -0.4 is 15.8 Å². The van der Waals surface area contributed by atoms with E-state index >= 15 is 4.39 Å². The maximum atomic E-state index is 15.4. The van der Waals surface area contributed by atoms with Crippen LogP contribution in [0.2, 0.25) is 0 Å². The molecule has 0 aliphatic carbocycles. The third-order valence-electron chi connectivity index (χ3n) is 6.03. The average Bonchev–Trinajstić information content (AvgIpc) is 3.24. The van der Waals surface area contributed by atoms with Gasteiger partial charge in [0.25, 0.3) is 11.8 Å². The van der Waals surface area contributed by atoms with E-state index in [9.17, 15) is 14.0 Å². The van der Waals surface area contributed by atoms with Crippen molar-refractivity contribution in [1.29, 1.82) is 0 Å². The van der Waals surface area contributed by atoms with Gasteiger partial charge in [-0.25, -0.2) is 23.3 Å². The van der Waals surface area contributed by atoms with Gasteiger partial charge in [-0.05, 0) is 61.4 Å². The van der Waals surface area contributed by atoms with Crippen molar-refractivity contribution in [2.24, 2.45) is 5.73 Å². The number of carbonyl (C=O) groups is 2. The van der Waals surface area contributed by atoms with Gasteiger partial charge in [0.2, 0.25) is 0 Å². The van der Waals surface area contributed by atoms with Gasteiger partial charge in [0.05, 0.1) is 23.0 Å². The maximum absolute atomic E-state index is 15.4. The molecule has 0 saturated heterocycles. The van der Waals surface area contributed by atoms with Crippen LogP contribution in [-0.2, 0) is 4.79 Å². The molecule has 0 atom stereocenters. The SMILES string of the molecule is C=C(F)C(=O)Nc1ccc(-c2c(-c3ccc(Oc4nccc(C)n4)c(F)c3)c(C(N)=O)c3cc(C)cnn23)cc1. The number of anilines is 1. The lowest BCUT2D eigenvalue weighted by atomic mass is 9.96. The molecule has 3 aromatic heterocycles. The normalized spacial score (nSPS) is 10.9. The molecule has 3 heterocycles. The highest BCUT2D eigenvalue weighted by molar-refractivity contribution is 6.11. The van der Waals surface area contributed by atoms with Gasteiger partial charge in [0, 0.05) is 28.7 Å². The summed E-state index contributed by atoms with van der Waals surface area (Å²) in [5.41, 5.74) is 9.88. The van der Waals surface area contributed by atoms with E-state index in [4.69, 9.17) is 10.5 Å². The van der Waals surface area contributed by atoms with Crippen molar-refractivity contribution in [2.45, 2.75) is 13.8 Å². The number of nitrogens with zero attached hydrogens (tertiary/aromatic N) is 4. The third kappa shape index (κ3) is 4.99. The Hall–Kier alpha value is -5.45. The van der Waals surface area contributed by atoms with Gasteiger partial charge in [-0.15, -0.1) is 0 Å². The van der Waals surface area contributed by atoms with Crippen LogP contribution in [0.15, 0.2) is 79.4 Å². The lowest BCUT2D eigenvalue weighted by Gasteiger charge is -2.11. The number of nitrogens with one attached hydrogen (secondary N) is 1. The molecule has 2 amide bonds. The summed E-state index contributed by atoms with van der Waals surface area (Å²) in [6.07, 6.45) is 3.12. The summed E-state index contributed by atoms with van der Waals surface area (Å²) in [6, 6.07) is 14.1. The number of rotatable bonds is 7. The van der Waals surface area contributed by atoms with Crippen molar-refractivity contribution in [2.75, 3.05) is 5.32 Å². The number of nitrogens with two attached hydrogens (primary N) is 1. The largest absolute Gasteiger partial charge is 0.421 e. The first-order valence-electron chi connectivity index (χ1n) is 12.0. The minimum atomic E-state index is -1.13. The molecule has 0 fully saturated rings. The maximum Gasteiger partial charge on any atom is 0.322 e. The molecular formula is C29H22F2N6O3. The van der Waals surface area contributed by atoms with E-state index in [1.165, 1.54) is 18.3 Å². The molecule has 5 rings (SSSR count). The minimum absolute atomic E-state index is 0.0111. The highest BCUT2D eigenvalue weighted by Crippen LogP contribution is 2.40. The average molecular weight is 541 g/mol. The standard InChI is InChI=1S/C29H22F2N6O3/c1-15-12-22-25(27(32)38)24(19-6-9-23(21(31)13-19)40-29-33-11-10-16(2)35-29)26(37(22)34-14-15)18-4-7-20(8-5-18)36-28(39)17(3)30/h4-14H,3H2,1-2H3,(H2,32,38)(H,36,39). The Morgan fingerprint density at radius 3 is 2.42 bits per heavy atom. The van der Waals surface area contributed by atoms with Crippen LogP contribution >= 0.6 is 0 Å². The highest BCUT2D eigenvalue weighted by atomic mass is 19.1. The van der Waals surface area contributed by atoms with E-state index < -0.39 is 23.5 Å². The number of amides is 2. The second-order valence-corrected chi connectivity index (χ2v) is 8.96. The number of fused-ring (bicyclic) bond motifs is 1. The zero-order valence-electron chi connectivity index (χ0n) is 21.4. The van der Waals surface area contributed by atoms with Gasteiger partial charge < -0.3 is 15.8 Å². The van der Waals surface area contributed by atoms with Crippen molar-refractivity contribution in [3.63, 3.8) is 0 Å². The smallest absolute Gasteiger partial charge is 0.322 e.